The Hall–Kier alpha value is -2.29. The first-order valence-corrected chi connectivity index (χ1v) is 8.20. The number of hydrogen-bond acceptors (Lipinski definition) is 6. The minimum atomic E-state index is -0.715. The molecule has 10 heteroatoms. The minimum absolute atomic E-state index is 0.0287. The van der Waals surface area contributed by atoms with Crippen molar-refractivity contribution in [2.24, 2.45) is 0 Å². The highest BCUT2D eigenvalue weighted by Gasteiger charge is 2.42. The summed E-state index contributed by atoms with van der Waals surface area (Å²) in [4.78, 5) is 39.0. The van der Waals surface area contributed by atoms with Gasteiger partial charge in [-0.2, -0.15) is 0 Å². The van der Waals surface area contributed by atoms with Crippen molar-refractivity contribution in [3.8, 4) is 0 Å². The smallest absolute Gasteiger partial charge is 0.267 e. The van der Waals surface area contributed by atoms with Crippen molar-refractivity contribution in [3.05, 3.63) is 55.0 Å². The van der Waals surface area contributed by atoms with Crippen LogP contribution in [0.5, 0.6) is 0 Å². The molecule has 3 aromatic rings. The first-order valence-electron chi connectivity index (χ1n) is 6.63. The van der Waals surface area contributed by atoms with Gasteiger partial charge in [0.2, 0.25) is 0 Å². The molecule has 3 heterocycles. The zero-order valence-electron chi connectivity index (χ0n) is 11.9. The van der Waals surface area contributed by atoms with E-state index in [0.29, 0.717) is 10.5 Å². The Balaban J connectivity index is 1.99. The van der Waals surface area contributed by atoms with E-state index in [1.165, 1.54) is 6.07 Å². The first-order chi connectivity index (χ1) is 11.4. The molecule has 4 rings (SSSR count). The van der Waals surface area contributed by atoms with E-state index in [4.69, 9.17) is 23.2 Å². The van der Waals surface area contributed by atoms with Gasteiger partial charge in [0.05, 0.1) is 21.4 Å². The van der Waals surface area contributed by atoms with Gasteiger partial charge in [-0.05, 0) is 19.1 Å². The van der Waals surface area contributed by atoms with E-state index in [2.05, 4.69) is 10.2 Å². The Labute approximate surface area is 148 Å². The zero-order valence-corrected chi connectivity index (χ0v) is 14.2. The largest absolute Gasteiger partial charge is 0.372 e. The van der Waals surface area contributed by atoms with E-state index in [1.807, 2.05) is 0 Å². The molecular weight excluding hydrogens is 375 g/mol. The average molecular weight is 381 g/mol. The Morgan fingerprint density at radius 1 is 1.08 bits per heavy atom. The summed E-state index contributed by atoms with van der Waals surface area (Å²) < 4.78 is 1.11. The van der Waals surface area contributed by atoms with E-state index in [1.54, 1.807) is 19.1 Å². The van der Waals surface area contributed by atoms with Gasteiger partial charge in [-0.15, -0.1) is 16.4 Å². The number of hydrogen-bond donors (Lipinski definition) is 0. The number of benzene rings is 1. The highest BCUT2D eigenvalue weighted by Crippen LogP contribution is 2.39. The highest BCUT2D eigenvalue weighted by atomic mass is 35.5. The maximum absolute atomic E-state index is 12.8. The van der Waals surface area contributed by atoms with Gasteiger partial charge in [0.15, 0.2) is 0 Å². The molecule has 0 spiro atoms. The molecule has 0 atom stereocenters. The number of amides is 2. The number of aryl methyl sites for hydroxylation is 1. The van der Waals surface area contributed by atoms with Crippen LogP contribution in [0, 0.1) is 6.92 Å². The molecule has 24 heavy (non-hydrogen) atoms. The summed E-state index contributed by atoms with van der Waals surface area (Å²) in [5.74, 6) is -1.22. The molecule has 1 aromatic carbocycles. The second-order valence-electron chi connectivity index (χ2n) is 5.01. The zero-order chi connectivity index (χ0) is 17.2. The molecular formula is C14H6Cl2N4O3S. The summed E-state index contributed by atoms with van der Waals surface area (Å²) >= 11 is 13.1. The van der Waals surface area contributed by atoms with E-state index < -0.39 is 17.5 Å². The fourth-order valence-corrected chi connectivity index (χ4v) is 4.01. The van der Waals surface area contributed by atoms with Crippen molar-refractivity contribution in [2.45, 2.75) is 6.92 Å². The molecule has 0 saturated carbocycles. The lowest BCUT2D eigenvalue weighted by molar-refractivity contribution is 0.0925. The van der Waals surface area contributed by atoms with Crippen molar-refractivity contribution in [3.63, 3.8) is 0 Å². The Bertz CT molecular complexity index is 1120. The average Bonchev–Trinajstić information content (AvgIpc) is 3.05. The quantitative estimate of drug-likeness (QED) is 0.605. The molecule has 0 N–H and O–H groups in total. The van der Waals surface area contributed by atoms with E-state index >= 15 is 0 Å². The topological polar surface area (TPSA) is 84.6 Å². The molecule has 7 nitrogen and oxygen atoms in total. The van der Waals surface area contributed by atoms with Crippen LogP contribution >= 0.6 is 34.5 Å². The second-order valence-corrected chi connectivity index (χ2v) is 6.79. The first kappa shape index (κ1) is 15.3. The molecule has 2 aromatic heterocycles. The Morgan fingerprint density at radius 3 is 2.58 bits per heavy atom. The summed E-state index contributed by atoms with van der Waals surface area (Å²) in [5.41, 5.74) is -0.114. The number of anilines is 1. The Kier molecular flexibility index (Phi) is 3.24. The van der Waals surface area contributed by atoms with Gasteiger partial charge in [0.25, 0.3) is 11.8 Å². The van der Waals surface area contributed by atoms with Crippen LogP contribution in [-0.2, 0) is 0 Å². The molecule has 2 amide bonds. The third-order valence-electron chi connectivity index (χ3n) is 3.60. The third kappa shape index (κ3) is 1.87. The van der Waals surface area contributed by atoms with E-state index in [0.717, 1.165) is 20.6 Å². The number of halogens is 2. The fourth-order valence-electron chi connectivity index (χ4n) is 2.54. The van der Waals surface area contributed by atoms with Crippen LogP contribution in [0.1, 0.15) is 25.9 Å². The molecule has 1 aliphatic rings. The summed E-state index contributed by atoms with van der Waals surface area (Å²) in [5, 5.41) is 7.51. The monoisotopic (exact) mass is 380 g/mol. The standard InChI is InChI=1S/C14H6Cl2N4O3S/c1-5-13-20(14(23)18-17-5)9-10(24-13)12(22)19(11(9)21)7-4-2-3-6(15)8(7)16/h2-4H,1H3. The van der Waals surface area contributed by atoms with Crippen molar-refractivity contribution < 1.29 is 9.59 Å². The summed E-state index contributed by atoms with van der Waals surface area (Å²) in [6.45, 7) is 1.65. The van der Waals surface area contributed by atoms with Crippen LogP contribution in [0.15, 0.2) is 23.0 Å². The fraction of sp³-hybridized carbons (Fsp3) is 0.0714. The van der Waals surface area contributed by atoms with Gasteiger partial charge in [0.1, 0.15) is 15.4 Å². The number of thiazole rings is 1. The molecule has 0 aliphatic carbocycles. The normalized spacial score (nSPS) is 13.9. The summed E-state index contributed by atoms with van der Waals surface area (Å²) in [6, 6.07) is 4.64. The van der Waals surface area contributed by atoms with Crippen LogP contribution in [0.3, 0.4) is 0 Å². The van der Waals surface area contributed by atoms with Crippen LogP contribution in [-0.4, -0.2) is 26.4 Å². The predicted molar refractivity (Wildman–Crippen MR) is 89.5 cm³/mol. The number of fused-ring (bicyclic) bond motifs is 3. The number of aromatic nitrogens is 3. The second kappa shape index (κ2) is 5.10. The molecule has 1 aliphatic heterocycles. The van der Waals surface area contributed by atoms with Crippen LogP contribution < -0.4 is 10.6 Å². The summed E-state index contributed by atoms with van der Waals surface area (Å²) in [7, 11) is 0. The van der Waals surface area contributed by atoms with Gasteiger partial charge in [-0.25, -0.2) is 14.1 Å². The van der Waals surface area contributed by atoms with Crippen molar-refractivity contribution in [2.75, 3.05) is 4.90 Å². The lowest BCUT2D eigenvalue weighted by atomic mass is 10.3. The third-order valence-corrected chi connectivity index (χ3v) is 5.65. The maximum Gasteiger partial charge on any atom is 0.372 e. The van der Waals surface area contributed by atoms with Crippen LogP contribution in [0.25, 0.3) is 4.83 Å². The molecule has 0 saturated heterocycles. The maximum atomic E-state index is 12.8. The Morgan fingerprint density at radius 2 is 1.83 bits per heavy atom. The van der Waals surface area contributed by atoms with Gasteiger partial charge in [-0.1, -0.05) is 34.4 Å². The van der Waals surface area contributed by atoms with Crippen molar-refractivity contribution >= 4 is 56.9 Å². The van der Waals surface area contributed by atoms with Crippen molar-refractivity contribution in [1.82, 2.24) is 14.6 Å². The van der Waals surface area contributed by atoms with Gasteiger partial charge in [0, 0.05) is 0 Å². The lowest BCUT2D eigenvalue weighted by Gasteiger charge is -2.16. The van der Waals surface area contributed by atoms with E-state index in [9.17, 15) is 14.4 Å². The van der Waals surface area contributed by atoms with Crippen LogP contribution in [0.4, 0.5) is 5.69 Å². The van der Waals surface area contributed by atoms with Crippen molar-refractivity contribution in [1.29, 1.82) is 0 Å². The SMILES string of the molecule is Cc1nnc(=O)n2c3c(sc12)C(=O)N(c1cccc(Cl)c1Cl)C3=O. The molecule has 0 radical (unpaired) electrons. The molecule has 120 valence electrons. The van der Waals surface area contributed by atoms with Gasteiger partial charge in [-0.3, -0.25) is 9.59 Å². The number of imide groups is 1. The number of carbonyl (C=O) groups excluding carboxylic acids is 2. The van der Waals surface area contributed by atoms with Crippen LogP contribution in [0.2, 0.25) is 10.0 Å². The molecule has 0 unspecified atom stereocenters. The van der Waals surface area contributed by atoms with Gasteiger partial charge < -0.3 is 0 Å². The van der Waals surface area contributed by atoms with E-state index in [-0.39, 0.29) is 26.3 Å². The number of nitrogens with zero attached hydrogens (tertiary/aromatic N) is 4. The number of rotatable bonds is 1. The predicted octanol–water partition coefficient (Wildman–Crippen LogP) is 2.57. The molecule has 0 bridgehead atoms. The minimum Gasteiger partial charge on any atom is -0.267 e. The summed E-state index contributed by atoms with van der Waals surface area (Å²) in [6.07, 6.45) is 0. The number of carbonyl (C=O) groups is 2. The molecule has 0 fully saturated rings. The highest BCUT2D eigenvalue weighted by molar-refractivity contribution is 7.20. The lowest BCUT2D eigenvalue weighted by Crippen LogP contribution is -2.31. The van der Waals surface area contributed by atoms with Gasteiger partial charge >= 0.3 is 5.69 Å².